The second-order valence-electron chi connectivity index (χ2n) is 6.70. The SMILES string of the molecule is O=C1CCC(N2Cc3ccc(C(=O)Nc4cc(C(=O)O)[nH]n4)cc3C2=O)C(=O)N1. The standard InChI is InChI=1S/C18H15N5O6/c24-14-4-3-12(16(26)20-14)23-7-9-2-1-8(5-10(9)17(23)27)15(25)19-13-6-11(18(28)29)21-22-13/h1-2,5-6,12H,3-4,7H2,(H,28,29)(H,20,24,26)(H2,19,21,22,25). The molecule has 11 nitrogen and oxygen atoms in total. The number of carboxylic acid groups (broad SMARTS) is 1. The summed E-state index contributed by atoms with van der Waals surface area (Å²) in [6.45, 7) is 0.212. The van der Waals surface area contributed by atoms with Crippen LogP contribution >= 0.6 is 0 Å². The zero-order chi connectivity index (χ0) is 20.7. The largest absolute Gasteiger partial charge is 0.477 e. The number of aromatic amines is 1. The molecule has 0 spiro atoms. The molecule has 1 saturated heterocycles. The van der Waals surface area contributed by atoms with Gasteiger partial charge in [0.1, 0.15) is 11.7 Å². The van der Waals surface area contributed by atoms with Gasteiger partial charge < -0.3 is 15.3 Å². The average Bonchev–Trinajstić information content (AvgIpc) is 3.27. The number of nitrogens with one attached hydrogen (secondary N) is 3. The number of aromatic nitrogens is 2. The highest BCUT2D eigenvalue weighted by Crippen LogP contribution is 2.28. The number of imide groups is 1. The van der Waals surface area contributed by atoms with Gasteiger partial charge in [0.25, 0.3) is 11.8 Å². The van der Waals surface area contributed by atoms with Crippen LogP contribution in [0.5, 0.6) is 0 Å². The fourth-order valence-corrected chi connectivity index (χ4v) is 3.38. The maximum absolute atomic E-state index is 12.8. The Labute approximate surface area is 163 Å². The normalized spacial score (nSPS) is 18.4. The number of nitrogens with zero attached hydrogens (tertiary/aromatic N) is 2. The molecule has 2 aliphatic rings. The second kappa shape index (κ2) is 6.86. The number of carbonyl (C=O) groups excluding carboxylic acids is 4. The van der Waals surface area contributed by atoms with Gasteiger partial charge in [0.05, 0.1) is 0 Å². The highest BCUT2D eigenvalue weighted by atomic mass is 16.4. The van der Waals surface area contributed by atoms with Crippen molar-refractivity contribution in [3.8, 4) is 0 Å². The van der Waals surface area contributed by atoms with Crippen molar-refractivity contribution >= 4 is 35.4 Å². The molecule has 1 aromatic carbocycles. The minimum Gasteiger partial charge on any atom is -0.477 e. The third kappa shape index (κ3) is 3.33. The van der Waals surface area contributed by atoms with Gasteiger partial charge in [-0.05, 0) is 24.1 Å². The van der Waals surface area contributed by atoms with Crippen LogP contribution in [-0.2, 0) is 16.1 Å². The number of anilines is 1. The second-order valence-corrected chi connectivity index (χ2v) is 6.70. The third-order valence-electron chi connectivity index (χ3n) is 4.84. The summed E-state index contributed by atoms with van der Waals surface area (Å²) in [6.07, 6.45) is 0.412. The number of hydrogen-bond donors (Lipinski definition) is 4. The van der Waals surface area contributed by atoms with Gasteiger partial charge in [-0.3, -0.25) is 29.6 Å². The Hall–Kier alpha value is -4.02. The van der Waals surface area contributed by atoms with E-state index in [-0.39, 0.29) is 42.4 Å². The molecular formula is C18H15N5O6. The van der Waals surface area contributed by atoms with Crippen molar-refractivity contribution in [2.24, 2.45) is 0 Å². The monoisotopic (exact) mass is 397 g/mol. The van der Waals surface area contributed by atoms with E-state index in [0.717, 1.165) is 0 Å². The fraction of sp³-hybridized carbons (Fsp3) is 0.222. The van der Waals surface area contributed by atoms with Crippen molar-refractivity contribution in [1.82, 2.24) is 20.4 Å². The number of H-pyrrole nitrogens is 1. The van der Waals surface area contributed by atoms with Crippen molar-refractivity contribution in [3.63, 3.8) is 0 Å². The molecule has 3 heterocycles. The van der Waals surface area contributed by atoms with Gasteiger partial charge >= 0.3 is 5.97 Å². The Morgan fingerprint density at radius 2 is 2.00 bits per heavy atom. The lowest BCUT2D eigenvalue weighted by molar-refractivity contribution is -0.136. The molecule has 4 rings (SSSR count). The number of carboxylic acids is 1. The first-order valence-corrected chi connectivity index (χ1v) is 8.71. The number of fused-ring (bicyclic) bond motifs is 1. The molecule has 4 amide bonds. The van der Waals surface area contributed by atoms with E-state index in [1.807, 2.05) is 0 Å². The first-order valence-electron chi connectivity index (χ1n) is 8.71. The molecule has 148 valence electrons. The number of aromatic carboxylic acids is 1. The molecule has 0 bridgehead atoms. The summed E-state index contributed by atoms with van der Waals surface area (Å²) in [6, 6.07) is 5.01. The highest BCUT2D eigenvalue weighted by Gasteiger charge is 2.39. The number of rotatable bonds is 4. The Balaban J connectivity index is 1.51. The van der Waals surface area contributed by atoms with Gasteiger partial charge in [0.2, 0.25) is 11.8 Å². The summed E-state index contributed by atoms with van der Waals surface area (Å²) in [5.41, 5.74) is 0.978. The first kappa shape index (κ1) is 18.3. The summed E-state index contributed by atoms with van der Waals surface area (Å²) < 4.78 is 0. The topological polar surface area (TPSA) is 162 Å². The van der Waals surface area contributed by atoms with Gasteiger partial charge in [0, 0.05) is 30.2 Å². The number of carbonyl (C=O) groups is 5. The van der Waals surface area contributed by atoms with Crippen LogP contribution in [0.1, 0.15) is 49.6 Å². The zero-order valence-electron chi connectivity index (χ0n) is 14.9. The van der Waals surface area contributed by atoms with Crippen LogP contribution in [0.15, 0.2) is 24.3 Å². The van der Waals surface area contributed by atoms with E-state index in [1.54, 1.807) is 6.07 Å². The van der Waals surface area contributed by atoms with Gasteiger partial charge in [-0.25, -0.2) is 4.79 Å². The molecule has 1 unspecified atom stereocenters. The molecular weight excluding hydrogens is 382 g/mol. The molecule has 1 fully saturated rings. The van der Waals surface area contributed by atoms with E-state index in [0.29, 0.717) is 11.1 Å². The lowest BCUT2D eigenvalue weighted by Gasteiger charge is -2.29. The Morgan fingerprint density at radius 1 is 1.21 bits per heavy atom. The molecule has 1 aromatic heterocycles. The molecule has 2 aromatic rings. The minimum absolute atomic E-state index is 0.0318. The van der Waals surface area contributed by atoms with Gasteiger partial charge in [-0.1, -0.05) is 6.07 Å². The number of hydrogen-bond acceptors (Lipinski definition) is 6. The molecule has 2 aliphatic heterocycles. The van der Waals surface area contributed by atoms with Gasteiger partial charge in [-0.2, -0.15) is 5.10 Å². The van der Waals surface area contributed by atoms with Crippen LogP contribution in [0.25, 0.3) is 0 Å². The summed E-state index contributed by atoms with van der Waals surface area (Å²) >= 11 is 0. The van der Waals surface area contributed by atoms with E-state index in [4.69, 9.17) is 5.11 Å². The van der Waals surface area contributed by atoms with Crippen LogP contribution < -0.4 is 10.6 Å². The number of piperidine rings is 1. The van der Waals surface area contributed by atoms with E-state index < -0.39 is 29.7 Å². The lowest BCUT2D eigenvalue weighted by atomic mass is 10.0. The maximum Gasteiger partial charge on any atom is 0.353 e. The highest BCUT2D eigenvalue weighted by molar-refractivity contribution is 6.08. The van der Waals surface area contributed by atoms with Crippen molar-refractivity contribution in [1.29, 1.82) is 0 Å². The van der Waals surface area contributed by atoms with Crippen LogP contribution in [-0.4, -0.2) is 55.8 Å². The number of amides is 4. The molecule has 11 heteroatoms. The third-order valence-corrected chi connectivity index (χ3v) is 4.84. The van der Waals surface area contributed by atoms with E-state index in [2.05, 4.69) is 20.8 Å². The molecule has 0 saturated carbocycles. The quantitative estimate of drug-likeness (QED) is 0.533. The maximum atomic E-state index is 12.8. The molecule has 29 heavy (non-hydrogen) atoms. The summed E-state index contributed by atoms with van der Waals surface area (Å²) in [4.78, 5) is 60.9. The smallest absolute Gasteiger partial charge is 0.353 e. The van der Waals surface area contributed by atoms with E-state index in [1.165, 1.54) is 23.1 Å². The van der Waals surface area contributed by atoms with Crippen LogP contribution in [0.3, 0.4) is 0 Å². The van der Waals surface area contributed by atoms with Gasteiger partial charge in [0.15, 0.2) is 5.82 Å². The summed E-state index contributed by atoms with van der Waals surface area (Å²) in [5.74, 6) is -3.01. The van der Waals surface area contributed by atoms with Crippen LogP contribution in [0.4, 0.5) is 5.82 Å². The number of benzene rings is 1. The van der Waals surface area contributed by atoms with Crippen LogP contribution in [0.2, 0.25) is 0 Å². The predicted molar refractivity (Wildman–Crippen MR) is 96.0 cm³/mol. The molecule has 0 aliphatic carbocycles. The molecule has 1 atom stereocenters. The van der Waals surface area contributed by atoms with E-state index in [9.17, 15) is 24.0 Å². The van der Waals surface area contributed by atoms with Crippen molar-refractivity contribution < 1.29 is 29.1 Å². The molecule has 0 radical (unpaired) electrons. The van der Waals surface area contributed by atoms with Crippen LogP contribution in [0, 0.1) is 0 Å². The minimum atomic E-state index is -1.21. The average molecular weight is 397 g/mol. The van der Waals surface area contributed by atoms with E-state index >= 15 is 0 Å². The first-order chi connectivity index (χ1) is 13.8. The Morgan fingerprint density at radius 3 is 2.69 bits per heavy atom. The fourth-order valence-electron chi connectivity index (χ4n) is 3.38. The molecule has 4 N–H and O–H groups in total. The van der Waals surface area contributed by atoms with Crippen molar-refractivity contribution in [3.05, 3.63) is 46.6 Å². The summed E-state index contributed by atoms with van der Waals surface area (Å²) in [7, 11) is 0. The van der Waals surface area contributed by atoms with Crippen molar-refractivity contribution in [2.75, 3.05) is 5.32 Å². The summed E-state index contributed by atoms with van der Waals surface area (Å²) in [5, 5.41) is 19.5. The zero-order valence-corrected chi connectivity index (χ0v) is 14.9. The lowest BCUT2D eigenvalue weighted by Crippen LogP contribution is -2.52. The predicted octanol–water partition coefficient (Wildman–Crippen LogP) is 0.121. The van der Waals surface area contributed by atoms with Gasteiger partial charge in [-0.15, -0.1) is 0 Å². The Bertz CT molecular complexity index is 1070. The van der Waals surface area contributed by atoms with Crippen molar-refractivity contribution in [2.45, 2.75) is 25.4 Å². The Kier molecular flexibility index (Phi) is 4.34.